The van der Waals surface area contributed by atoms with Crippen LogP contribution in [0.3, 0.4) is 0 Å². The molecule has 1 fully saturated rings. The molecule has 1 amide bonds. The summed E-state index contributed by atoms with van der Waals surface area (Å²) in [5, 5.41) is 8.99. The van der Waals surface area contributed by atoms with Crippen LogP contribution in [0.2, 0.25) is 0 Å². The second-order valence-corrected chi connectivity index (χ2v) is 4.85. The van der Waals surface area contributed by atoms with Gasteiger partial charge < -0.3 is 15.4 Å². The van der Waals surface area contributed by atoms with Gasteiger partial charge in [-0.25, -0.2) is 10.8 Å². The molecule has 2 heterocycles. The third-order valence-corrected chi connectivity index (χ3v) is 3.50. The molecule has 1 aromatic heterocycles. The van der Waals surface area contributed by atoms with E-state index in [1.54, 1.807) is 18.3 Å². The Morgan fingerprint density at radius 2 is 2.47 bits per heavy atom. The molecule has 4 N–H and O–H groups in total. The Labute approximate surface area is 112 Å². The summed E-state index contributed by atoms with van der Waals surface area (Å²) in [5.74, 6) is 6.18. The van der Waals surface area contributed by atoms with E-state index >= 15 is 0 Å². The Bertz CT molecular complexity index is 436. The number of carbonyl (C=O) groups is 1. The molecule has 1 saturated heterocycles. The zero-order valence-electron chi connectivity index (χ0n) is 10.9. The van der Waals surface area contributed by atoms with Crippen molar-refractivity contribution in [2.24, 2.45) is 11.8 Å². The summed E-state index contributed by atoms with van der Waals surface area (Å²) in [6, 6.07) is 3.34. The molecule has 0 saturated carbocycles. The summed E-state index contributed by atoms with van der Waals surface area (Å²) in [6.07, 6.45) is 4.40. The average molecular weight is 264 g/mol. The van der Waals surface area contributed by atoms with Crippen LogP contribution >= 0.6 is 0 Å². The van der Waals surface area contributed by atoms with Crippen molar-refractivity contribution < 1.29 is 9.90 Å². The number of nitrogens with two attached hydrogens (primary N) is 1. The lowest BCUT2D eigenvalue weighted by atomic mass is 9.95. The van der Waals surface area contributed by atoms with Crippen LogP contribution in [-0.4, -0.2) is 40.6 Å². The molecule has 2 rings (SSSR count). The van der Waals surface area contributed by atoms with Gasteiger partial charge >= 0.3 is 0 Å². The summed E-state index contributed by atoms with van der Waals surface area (Å²) < 4.78 is 0. The maximum atomic E-state index is 12.4. The molecule has 1 aliphatic rings. The highest BCUT2D eigenvalue weighted by Crippen LogP contribution is 2.21. The minimum atomic E-state index is 0.00143. The normalized spacial score (nSPS) is 19.3. The average Bonchev–Trinajstić information content (AvgIpc) is 2.47. The number of nitrogens with one attached hydrogen (secondary N) is 1. The number of nitrogen functional groups attached to an aromatic ring is 1. The molecule has 19 heavy (non-hydrogen) atoms. The third kappa shape index (κ3) is 3.42. The molecule has 0 bridgehead atoms. The number of nitrogens with zero attached hydrogens (tertiary/aromatic N) is 2. The number of anilines is 1. The number of piperidine rings is 1. The minimum Gasteiger partial charge on any atom is -0.396 e. The number of rotatable bonds is 4. The fourth-order valence-electron chi connectivity index (χ4n) is 2.49. The first-order valence-electron chi connectivity index (χ1n) is 6.57. The standard InChI is InChI=1S/C13H20N4O2/c14-16-12-8-11(3-5-15-12)13(19)17-6-1-2-10(9-17)4-7-18/h3,5,8,10,18H,1-2,4,6-7,9,14H2,(H,15,16). The number of aliphatic hydroxyl groups excluding tert-OH is 1. The molecule has 1 aliphatic heterocycles. The van der Waals surface area contributed by atoms with Gasteiger partial charge in [0.15, 0.2) is 0 Å². The molecule has 104 valence electrons. The van der Waals surface area contributed by atoms with E-state index in [4.69, 9.17) is 10.9 Å². The first-order chi connectivity index (χ1) is 9.24. The van der Waals surface area contributed by atoms with E-state index in [9.17, 15) is 4.79 Å². The number of amides is 1. The zero-order chi connectivity index (χ0) is 13.7. The smallest absolute Gasteiger partial charge is 0.254 e. The van der Waals surface area contributed by atoms with E-state index in [1.807, 2.05) is 4.90 Å². The predicted molar refractivity (Wildman–Crippen MR) is 72.4 cm³/mol. The first kappa shape index (κ1) is 13.8. The van der Waals surface area contributed by atoms with Crippen LogP contribution in [0.4, 0.5) is 5.82 Å². The van der Waals surface area contributed by atoms with Gasteiger partial charge in [-0.2, -0.15) is 0 Å². The maximum absolute atomic E-state index is 12.4. The van der Waals surface area contributed by atoms with Crippen LogP contribution in [0.5, 0.6) is 0 Å². The highest BCUT2D eigenvalue weighted by Gasteiger charge is 2.24. The molecule has 6 heteroatoms. The Morgan fingerprint density at radius 3 is 3.21 bits per heavy atom. The fourth-order valence-corrected chi connectivity index (χ4v) is 2.49. The Morgan fingerprint density at radius 1 is 1.63 bits per heavy atom. The van der Waals surface area contributed by atoms with E-state index < -0.39 is 0 Å². The summed E-state index contributed by atoms with van der Waals surface area (Å²) >= 11 is 0. The molecular weight excluding hydrogens is 244 g/mol. The van der Waals surface area contributed by atoms with Crippen LogP contribution in [0.1, 0.15) is 29.6 Å². The van der Waals surface area contributed by atoms with E-state index in [1.165, 1.54) is 0 Å². The number of carbonyl (C=O) groups excluding carboxylic acids is 1. The molecule has 1 unspecified atom stereocenters. The van der Waals surface area contributed by atoms with Crippen LogP contribution in [0.25, 0.3) is 0 Å². The molecule has 0 spiro atoms. The fraction of sp³-hybridized carbons (Fsp3) is 0.538. The van der Waals surface area contributed by atoms with Gasteiger partial charge in [-0.05, 0) is 37.3 Å². The number of hydrazine groups is 1. The third-order valence-electron chi connectivity index (χ3n) is 3.50. The van der Waals surface area contributed by atoms with Gasteiger partial charge in [0.05, 0.1) is 0 Å². The highest BCUT2D eigenvalue weighted by molar-refractivity contribution is 5.94. The van der Waals surface area contributed by atoms with Crippen molar-refractivity contribution in [3.63, 3.8) is 0 Å². The number of hydrogen-bond donors (Lipinski definition) is 3. The predicted octanol–water partition coefficient (Wildman–Crippen LogP) is 0.602. The quantitative estimate of drug-likeness (QED) is 0.547. The molecule has 1 aromatic rings. The number of aromatic nitrogens is 1. The van der Waals surface area contributed by atoms with Crippen LogP contribution < -0.4 is 11.3 Å². The molecule has 6 nitrogen and oxygen atoms in total. The highest BCUT2D eigenvalue weighted by atomic mass is 16.3. The monoisotopic (exact) mass is 264 g/mol. The number of pyridine rings is 1. The SMILES string of the molecule is NNc1cc(C(=O)N2CCCC(CCO)C2)ccn1. The summed E-state index contributed by atoms with van der Waals surface area (Å²) in [7, 11) is 0. The summed E-state index contributed by atoms with van der Waals surface area (Å²) in [4.78, 5) is 18.2. The Hall–Kier alpha value is -1.66. The lowest BCUT2D eigenvalue weighted by Crippen LogP contribution is -2.40. The van der Waals surface area contributed by atoms with Gasteiger partial charge in [0.25, 0.3) is 5.91 Å². The van der Waals surface area contributed by atoms with E-state index in [2.05, 4.69) is 10.4 Å². The zero-order valence-corrected chi connectivity index (χ0v) is 10.9. The lowest BCUT2D eigenvalue weighted by molar-refractivity contribution is 0.0653. The van der Waals surface area contributed by atoms with Gasteiger partial charge in [0.2, 0.25) is 0 Å². The molecule has 0 aromatic carbocycles. The van der Waals surface area contributed by atoms with Gasteiger partial charge in [0, 0.05) is 31.5 Å². The van der Waals surface area contributed by atoms with Crippen molar-refractivity contribution in [1.29, 1.82) is 0 Å². The van der Waals surface area contributed by atoms with Crippen molar-refractivity contribution >= 4 is 11.7 Å². The lowest BCUT2D eigenvalue weighted by Gasteiger charge is -2.32. The summed E-state index contributed by atoms with van der Waals surface area (Å²) in [6.45, 7) is 1.67. The largest absolute Gasteiger partial charge is 0.396 e. The number of aliphatic hydroxyl groups is 1. The minimum absolute atomic E-state index is 0.00143. The van der Waals surface area contributed by atoms with Crippen molar-refractivity contribution in [2.45, 2.75) is 19.3 Å². The van der Waals surface area contributed by atoms with Gasteiger partial charge in [-0.1, -0.05) is 0 Å². The number of hydrogen-bond acceptors (Lipinski definition) is 5. The van der Waals surface area contributed by atoms with Crippen LogP contribution in [-0.2, 0) is 0 Å². The second-order valence-electron chi connectivity index (χ2n) is 4.85. The van der Waals surface area contributed by atoms with Crippen molar-refractivity contribution in [2.75, 3.05) is 25.1 Å². The Kier molecular flexibility index (Phi) is 4.70. The van der Waals surface area contributed by atoms with Gasteiger partial charge in [0.1, 0.15) is 5.82 Å². The van der Waals surface area contributed by atoms with E-state index in [0.717, 1.165) is 25.8 Å². The van der Waals surface area contributed by atoms with Gasteiger partial charge in [-0.3, -0.25) is 4.79 Å². The van der Waals surface area contributed by atoms with Crippen LogP contribution in [0, 0.1) is 5.92 Å². The maximum Gasteiger partial charge on any atom is 0.254 e. The van der Waals surface area contributed by atoms with Crippen LogP contribution in [0.15, 0.2) is 18.3 Å². The second kappa shape index (κ2) is 6.49. The first-order valence-corrected chi connectivity index (χ1v) is 6.57. The van der Waals surface area contributed by atoms with Crippen molar-refractivity contribution in [3.05, 3.63) is 23.9 Å². The molecule has 1 atom stereocenters. The van der Waals surface area contributed by atoms with Crippen molar-refractivity contribution in [3.8, 4) is 0 Å². The molecular formula is C13H20N4O2. The van der Waals surface area contributed by atoms with Gasteiger partial charge in [-0.15, -0.1) is 0 Å². The molecule has 0 aliphatic carbocycles. The Balaban J connectivity index is 2.05. The number of likely N-dealkylation sites (tertiary alicyclic amines) is 1. The summed E-state index contributed by atoms with van der Waals surface area (Å²) in [5.41, 5.74) is 3.03. The van der Waals surface area contributed by atoms with Crippen molar-refractivity contribution in [1.82, 2.24) is 9.88 Å². The van der Waals surface area contributed by atoms with E-state index in [-0.39, 0.29) is 12.5 Å². The van der Waals surface area contributed by atoms with E-state index in [0.29, 0.717) is 23.8 Å². The topological polar surface area (TPSA) is 91.5 Å². The molecule has 0 radical (unpaired) electrons.